The van der Waals surface area contributed by atoms with E-state index in [1.54, 1.807) is 0 Å². The molecule has 0 saturated heterocycles. The molecule has 0 spiro atoms. The molecule has 17 heavy (non-hydrogen) atoms. The van der Waals surface area contributed by atoms with Gasteiger partial charge in [0.25, 0.3) is 0 Å². The Hall–Kier alpha value is -0.340. The third-order valence-electron chi connectivity index (χ3n) is 4.81. The Labute approximate surface area is 109 Å². The molecule has 1 nitrogen and oxygen atoms in total. The monoisotopic (exact) mass is 249 g/mol. The van der Waals surface area contributed by atoms with Crippen LogP contribution in [0.2, 0.25) is 0 Å². The van der Waals surface area contributed by atoms with E-state index < -0.39 is 0 Å². The summed E-state index contributed by atoms with van der Waals surface area (Å²) in [4.78, 5) is 0. The summed E-state index contributed by atoms with van der Waals surface area (Å²) in [6, 6.07) is 3.02. The van der Waals surface area contributed by atoms with Crippen LogP contribution in [-0.2, 0) is 6.42 Å². The number of fused-ring (bicyclic) bond motifs is 2. The van der Waals surface area contributed by atoms with E-state index in [0.717, 1.165) is 30.3 Å². The third kappa shape index (κ3) is 2.43. The molecule has 0 aliphatic heterocycles. The summed E-state index contributed by atoms with van der Waals surface area (Å²) >= 11 is 1.83. The Morgan fingerprint density at radius 1 is 1.41 bits per heavy atom. The first kappa shape index (κ1) is 11.7. The van der Waals surface area contributed by atoms with Crippen molar-refractivity contribution >= 4 is 11.3 Å². The molecule has 2 aliphatic rings. The van der Waals surface area contributed by atoms with Crippen LogP contribution >= 0.6 is 11.3 Å². The Kier molecular flexibility index (Phi) is 3.53. The molecule has 2 heteroatoms. The molecule has 2 fully saturated rings. The van der Waals surface area contributed by atoms with E-state index in [-0.39, 0.29) is 0 Å². The van der Waals surface area contributed by atoms with Crippen molar-refractivity contribution in [2.45, 2.75) is 45.1 Å². The first-order chi connectivity index (χ1) is 8.36. The maximum atomic E-state index is 3.75. The molecule has 3 rings (SSSR count). The highest BCUT2D eigenvalue weighted by molar-refractivity contribution is 7.07. The zero-order valence-electron chi connectivity index (χ0n) is 10.7. The molecule has 2 saturated carbocycles. The van der Waals surface area contributed by atoms with Crippen molar-refractivity contribution in [2.75, 3.05) is 6.54 Å². The minimum atomic E-state index is 0.727. The van der Waals surface area contributed by atoms with Crippen LogP contribution in [0.3, 0.4) is 0 Å². The van der Waals surface area contributed by atoms with Crippen molar-refractivity contribution in [1.82, 2.24) is 5.32 Å². The van der Waals surface area contributed by atoms with Crippen LogP contribution in [0.15, 0.2) is 16.8 Å². The van der Waals surface area contributed by atoms with Gasteiger partial charge < -0.3 is 5.32 Å². The van der Waals surface area contributed by atoms with Crippen LogP contribution in [0.1, 0.15) is 38.2 Å². The van der Waals surface area contributed by atoms with Gasteiger partial charge >= 0.3 is 0 Å². The van der Waals surface area contributed by atoms with Crippen molar-refractivity contribution in [1.29, 1.82) is 0 Å². The Bertz CT molecular complexity index is 346. The fraction of sp³-hybridized carbons (Fsp3) is 0.733. The average molecular weight is 249 g/mol. The lowest BCUT2D eigenvalue weighted by molar-refractivity contribution is 0.249. The lowest BCUT2D eigenvalue weighted by Gasteiger charge is -2.31. The third-order valence-corrected chi connectivity index (χ3v) is 5.54. The molecule has 2 bridgehead atoms. The maximum Gasteiger partial charge on any atom is 0.0139 e. The first-order valence-corrected chi connectivity index (χ1v) is 8.05. The summed E-state index contributed by atoms with van der Waals surface area (Å²) in [5.41, 5.74) is 1.53. The van der Waals surface area contributed by atoms with Crippen molar-refractivity contribution in [3.8, 4) is 0 Å². The standard InChI is InChI=1S/C15H23NS/c1-2-16-15(9-12-5-6-17-10-12)14-8-11-3-4-13(14)7-11/h5-6,10-11,13-16H,2-4,7-9H2,1H3. The molecule has 0 amide bonds. The Balaban J connectivity index is 1.67. The zero-order chi connectivity index (χ0) is 11.7. The van der Waals surface area contributed by atoms with Gasteiger partial charge in [0.05, 0.1) is 0 Å². The van der Waals surface area contributed by atoms with Gasteiger partial charge in [-0.2, -0.15) is 11.3 Å². The van der Waals surface area contributed by atoms with E-state index in [4.69, 9.17) is 0 Å². The number of thiophene rings is 1. The predicted octanol–water partition coefficient (Wildman–Crippen LogP) is 3.70. The second-order valence-electron chi connectivity index (χ2n) is 5.84. The lowest BCUT2D eigenvalue weighted by atomic mass is 9.81. The normalized spacial score (nSPS) is 33.1. The number of hydrogen-bond donors (Lipinski definition) is 1. The fourth-order valence-corrected chi connectivity index (χ4v) is 4.77. The minimum absolute atomic E-state index is 0.727. The summed E-state index contributed by atoms with van der Waals surface area (Å²) in [6.45, 7) is 3.36. The highest BCUT2D eigenvalue weighted by atomic mass is 32.1. The van der Waals surface area contributed by atoms with Crippen LogP contribution in [0.25, 0.3) is 0 Å². The predicted molar refractivity (Wildman–Crippen MR) is 74.4 cm³/mol. The van der Waals surface area contributed by atoms with Crippen molar-refractivity contribution in [2.24, 2.45) is 17.8 Å². The summed E-state index contributed by atoms with van der Waals surface area (Å²) in [5, 5.41) is 8.28. The average Bonchev–Trinajstić information content (AvgIpc) is 3.05. The summed E-state index contributed by atoms with van der Waals surface area (Å²) in [5.74, 6) is 3.05. The van der Waals surface area contributed by atoms with E-state index in [2.05, 4.69) is 29.1 Å². The second kappa shape index (κ2) is 5.11. The number of hydrogen-bond acceptors (Lipinski definition) is 2. The van der Waals surface area contributed by atoms with Gasteiger partial charge in [0.1, 0.15) is 0 Å². The van der Waals surface area contributed by atoms with E-state index in [0.29, 0.717) is 0 Å². The van der Waals surface area contributed by atoms with Crippen LogP contribution in [-0.4, -0.2) is 12.6 Å². The van der Waals surface area contributed by atoms with Gasteiger partial charge in [-0.15, -0.1) is 0 Å². The Morgan fingerprint density at radius 3 is 2.94 bits per heavy atom. The summed E-state index contributed by atoms with van der Waals surface area (Å²) < 4.78 is 0. The molecular weight excluding hydrogens is 226 g/mol. The van der Waals surface area contributed by atoms with Crippen molar-refractivity contribution < 1.29 is 0 Å². The van der Waals surface area contributed by atoms with Crippen LogP contribution in [0.4, 0.5) is 0 Å². The molecular formula is C15H23NS. The summed E-state index contributed by atoms with van der Waals surface area (Å²) in [6.07, 6.45) is 7.27. The molecule has 4 atom stereocenters. The molecule has 0 aromatic carbocycles. The smallest absolute Gasteiger partial charge is 0.0139 e. The van der Waals surface area contributed by atoms with Gasteiger partial charge in [-0.1, -0.05) is 13.3 Å². The number of nitrogens with one attached hydrogen (secondary N) is 1. The van der Waals surface area contributed by atoms with Crippen LogP contribution in [0, 0.1) is 17.8 Å². The van der Waals surface area contributed by atoms with Gasteiger partial charge in [-0.05, 0) is 72.4 Å². The van der Waals surface area contributed by atoms with E-state index in [1.807, 2.05) is 11.3 Å². The molecule has 1 heterocycles. The molecule has 4 unspecified atom stereocenters. The molecule has 1 aromatic rings. The van der Waals surface area contributed by atoms with Crippen molar-refractivity contribution in [3.63, 3.8) is 0 Å². The quantitative estimate of drug-likeness (QED) is 0.839. The highest BCUT2D eigenvalue weighted by Gasteiger charge is 2.42. The molecule has 2 aliphatic carbocycles. The second-order valence-corrected chi connectivity index (χ2v) is 6.62. The lowest BCUT2D eigenvalue weighted by Crippen LogP contribution is -2.40. The number of likely N-dealkylation sites (N-methyl/N-ethyl adjacent to an activating group) is 1. The van der Waals surface area contributed by atoms with Crippen LogP contribution in [0.5, 0.6) is 0 Å². The van der Waals surface area contributed by atoms with Gasteiger partial charge in [-0.25, -0.2) is 0 Å². The summed E-state index contributed by atoms with van der Waals surface area (Å²) in [7, 11) is 0. The number of rotatable bonds is 5. The molecule has 0 radical (unpaired) electrons. The van der Waals surface area contributed by atoms with Gasteiger partial charge in [0.2, 0.25) is 0 Å². The topological polar surface area (TPSA) is 12.0 Å². The van der Waals surface area contributed by atoms with E-state index in [1.165, 1.54) is 37.7 Å². The van der Waals surface area contributed by atoms with E-state index >= 15 is 0 Å². The molecule has 1 N–H and O–H groups in total. The first-order valence-electron chi connectivity index (χ1n) is 7.11. The largest absolute Gasteiger partial charge is 0.314 e. The molecule has 1 aromatic heterocycles. The Morgan fingerprint density at radius 2 is 2.35 bits per heavy atom. The van der Waals surface area contributed by atoms with Crippen LogP contribution < -0.4 is 5.32 Å². The molecule has 94 valence electrons. The van der Waals surface area contributed by atoms with Gasteiger partial charge in [0.15, 0.2) is 0 Å². The minimum Gasteiger partial charge on any atom is -0.314 e. The zero-order valence-corrected chi connectivity index (χ0v) is 11.5. The van der Waals surface area contributed by atoms with Gasteiger partial charge in [-0.3, -0.25) is 0 Å². The fourth-order valence-electron chi connectivity index (χ4n) is 4.09. The maximum absolute atomic E-state index is 3.75. The SMILES string of the molecule is CCNC(Cc1ccsc1)C1CC2CCC1C2. The van der Waals surface area contributed by atoms with E-state index in [9.17, 15) is 0 Å². The van der Waals surface area contributed by atoms with Gasteiger partial charge in [0, 0.05) is 6.04 Å². The highest BCUT2D eigenvalue weighted by Crippen LogP contribution is 2.49. The van der Waals surface area contributed by atoms with Crippen molar-refractivity contribution in [3.05, 3.63) is 22.4 Å².